The number of hydrogen-bond acceptors (Lipinski definition) is 3. The van der Waals surface area contributed by atoms with Gasteiger partial charge in [-0.1, -0.05) is 6.07 Å². The monoisotopic (exact) mass is 364 g/mol. The van der Waals surface area contributed by atoms with Gasteiger partial charge in [0.1, 0.15) is 11.3 Å². The molecule has 3 aromatic heterocycles. The van der Waals surface area contributed by atoms with Crippen LogP contribution in [0.4, 0.5) is 0 Å². The first kappa shape index (κ1) is 17.5. The highest BCUT2D eigenvalue weighted by molar-refractivity contribution is 5.94. The maximum atomic E-state index is 13.1. The number of fused-ring (bicyclic) bond motifs is 1. The molecule has 0 aliphatic carbocycles. The first-order valence-electron chi connectivity index (χ1n) is 9.43. The Balaban J connectivity index is 1.45. The second kappa shape index (κ2) is 7.02. The third-order valence-electron chi connectivity index (χ3n) is 5.43. The van der Waals surface area contributed by atoms with Gasteiger partial charge in [0, 0.05) is 31.5 Å². The largest absolute Gasteiger partial charge is 0.337 e. The summed E-state index contributed by atoms with van der Waals surface area (Å²) in [7, 11) is 0. The van der Waals surface area contributed by atoms with Gasteiger partial charge in [0.15, 0.2) is 0 Å². The highest BCUT2D eigenvalue weighted by Crippen LogP contribution is 2.24. The molecule has 1 aliphatic rings. The third kappa shape index (κ3) is 3.52. The standard InChI is InChI=1S/C21H24N4O2/c1-14-5-10-25-18(11-14)23-15(2)20(25)21(27)24-8-6-16(7-9-24)12-17-3-4-19(26)22-13-17/h3-5,10-11,13,16H,6-9,12H2,1-2H3,(H,22,26). The van der Waals surface area contributed by atoms with Crippen LogP contribution in [0.5, 0.6) is 0 Å². The van der Waals surface area contributed by atoms with Crippen molar-refractivity contribution in [1.29, 1.82) is 0 Å². The van der Waals surface area contributed by atoms with Crippen LogP contribution in [0, 0.1) is 19.8 Å². The molecular formula is C21H24N4O2. The van der Waals surface area contributed by atoms with Crippen LogP contribution in [-0.2, 0) is 6.42 Å². The maximum absolute atomic E-state index is 13.1. The van der Waals surface area contributed by atoms with Crippen molar-refractivity contribution in [3.8, 4) is 0 Å². The Hall–Kier alpha value is -2.89. The molecule has 6 nitrogen and oxygen atoms in total. The van der Waals surface area contributed by atoms with Crippen LogP contribution in [0.1, 0.15) is 40.2 Å². The molecule has 0 unspecified atom stereocenters. The number of carbonyl (C=O) groups excluding carboxylic acids is 1. The van der Waals surface area contributed by atoms with E-state index in [0.29, 0.717) is 11.6 Å². The van der Waals surface area contributed by atoms with Crippen LogP contribution in [0.2, 0.25) is 0 Å². The second-order valence-electron chi connectivity index (χ2n) is 7.48. The number of carbonyl (C=O) groups is 1. The Morgan fingerprint density at radius 1 is 1.22 bits per heavy atom. The minimum atomic E-state index is -0.0715. The molecule has 1 N–H and O–H groups in total. The van der Waals surface area contributed by atoms with E-state index in [4.69, 9.17) is 0 Å². The van der Waals surface area contributed by atoms with E-state index in [0.717, 1.165) is 54.8 Å². The van der Waals surface area contributed by atoms with Gasteiger partial charge < -0.3 is 9.88 Å². The zero-order valence-corrected chi connectivity index (χ0v) is 15.7. The van der Waals surface area contributed by atoms with Gasteiger partial charge in [-0.15, -0.1) is 0 Å². The molecule has 27 heavy (non-hydrogen) atoms. The molecule has 0 saturated carbocycles. The first-order chi connectivity index (χ1) is 13.0. The molecule has 0 aromatic carbocycles. The quantitative estimate of drug-likeness (QED) is 0.777. The molecule has 1 saturated heterocycles. The Kier molecular flexibility index (Phi) is 4.56. The summed E-state index contributed by atoms with van der Waals surface area (Å²) in [6.07, 6.45) is 6.61. The fourth-order valence-corrected chi connectivity index (χ4v) is 3.91. The predicted molar refractivity (Wildman–Crippen MR) is 104 cm³/mol. The smallest absolute Gasteiger partial charge is 0.272 e. The van der Waals surface area contributed by atoms with Crippen molar-refractivity contribution in [2.24, 2.45) is 5.92 Å². The van der Waals surface area contributed by atoms with Crippen molar-refractivity contribution in [3.63, 3.8) is 0 Å². The average molecular weight is 364 g/mol. The fourth-order valence-electron chi connectivity index (χ4n) is 3.91. The van der Waals surface area contributed by atoms with E-state index in [9.17, 15) is 9.59 Å². The number of nitrogens with one attached hydrogen (secondary N) is 1. The van der Waals surface area contributed by atoms with E-state index >= 15 is 0 Å². The van der Waals surface area contributed by atoms with Gasteiger partial charge in [-0.25, -0.2) is 4.98 Å². The molecule has 4 heterocycles. The average Bonchev–Trinajstić information content (AvgIpc) is 2.98. The summed E-state index contributed by atoms with van der Waals surface area (Å²) < 4.78 is 1.90. The van der Waals surface area contributed by atoms with E-state index in [1.807, 2.05) is 47.5 Å². The summed E-state index contributed by atoms with van der Waals surface area (Å²) in [5, 5.41) is 0. The SMILES string of the molecule is Cc1ccn2c(C(=O)N3CCC(Cc4ccc(=O)[nH]c4)CC3)c(C)nc2c1. The molecule has 0 bridgehead atoms. The number of rotatable bonds is 3. The van der Waals surface area contributed by atoms with Gasteiger partial charge >= 0.3 is 0 Å². The molecule has 0 atom stereocenters. The van der Waals surface area contributed by atoms with E-state index < -0.39 is 0 Å². The lowest BCUT2D eigenvalue weighted by molar-refractivity contribution is 0.0682. The zero-order chi connectivity index (χ0) is 19.0. The molecule has 0 radical (unpaired) electrons. The number of piperidine rings is 1. The van der Waals surface area contributed by atoms with Crippen LogP contribution in [0.3, 0.4) is 0 Å². The lowest BCUT2D eigenvalue weighted by Crippen LogP contribution is -2.39. The van der Waals surface area contributed by atoms with Crippen molar-refractivity contribution in [2.75, 3.05) is 13.1 Å². The fraction of sp³-hybridized carbons (Fsp3) is 0.381. The van der Waals surface area contributed by atoms with Crippen LogP contribution >= 0.6 is 0 Å². The number of aromatic nitrogens is 3. The van der Waals surface area contributed by atoms with Gasteiger partial charge in [0.25, 0.3) is 5.91 Å². The van der Waals surface area contributed by atoms with Crippen LogP contribution in [0.15, 0.2) is 41.5 Å². The molecule has 1 amide bonds. The molecule has 1 fully saturated rings. The number of H-pyrrole nitrogens is 1. The Labute approximate surface area is 157 Å². The summed E-state index contributed by atoms with van der Waals surface area (Å²) >= 11 is 0. The minimum absolute atomic E-state index is 0.0614. The molecule has 6 heteroatoms. The number of aryl methyl sites for hydroxylation is 2. The molecule has 1 aliphatic heterocycles. The van der Waals surface area contributed by atoms with Crippen molar-refractivity contribution < 1.29 is 4.79 Å². The van der Waals surface area contributed by atoms with Crippen molar-refractivity contribution >= 4 is 11.6 Å². The number of pyridine rings is 2. The van der Waals surface area contributed by atoms with E-state index in [2.05, 4.69) is 9.97 Å². The number of imidazole rings is 1. The molecule has 3 aromatic rings. The first-order valence-corrected chi connectivity index (χ1v) is 9.43. The third-order valence-corrected chi connectivity index (χ3v) is 5.43. The second-order valence-corrected chi connectivity index (χ2v) is 7.48. The van der Waals surface area contributed by atoms with Gasteiger partial charge in [-0.2, -0.15) is 0 Å². The van der Waals surface area contributed by atoms with Crippen molar-refractivity contribution in [2.45, 2.75) is 33.1 Å². The summed E-state index contributed by atoms with van der Waals surface area (Å²) in [6.45, 7) is 5.44. The van der Waals surface area contributed by atoms with Gasteiger partial charge in [0.05, 0.1) is 5.69 Å². The van der Waals surface area contributed by atoms with Crippen molar-refractivity contribution in [3.05, 3.63) is 69.5 Å². The lowest BCUT2D eigenvalue weighted by atomic mass is 9.90. The van der Waals surface area contributed by atoms with Gasteiger partial charge in [-0.3, -0.25) is 14.0 Å². The van der Waals surface area contributed by atoms with Crippen molar-refractivity contribution in [1.82, 2.24) is 19.3 Å². The molecular weight excluding hydrogens is 340 g/mol. The van der Waals surface area contributed by atoms with E-state index in [-0.39, 0.29) is 11.5 Å². The lowest BCUT2D eigenvalue weighted by Gasteiger charge is -2.32. The maximum Gasteiger partial charge on any atom is 0.272 e. The Morgan fingerprint density at radius 3 is 2.70 bits per heavy atom. The number of hydrogen-bond donors (Lipinski definition) is 1. The van der Waals surface area contributed by atoms with Crippen LogP contribution < -0.4 is 5.56 Å². The zero-order valence-electron chi connectivity index (χ0n) is 15.7. The molecule has 140 valence electrons. The number of nitrogens with zero attached hydrogens (tertiary/aromatic N) is 3. The summed E-state index contributed by atoms with van der Waals surface area (Å²) in [5.74, 6) is 0.595. The molecule has 4 rings (SSSR count). The van der Waals surface area contributed by atoms with Crippen LogP contribution in [0.25, 0.3) is 5.65 Å². The Morgan fingerprint density at radius 2 is 2.00 bits per heavy atom. The predicted octanol–water partition coefficient (Wildman–Crippen LogP) is 2.73. The number of aromatic amines is 1. The highest BCUT2D eigenvalue weighted by atomic mass is 16.2. The number of likely N-dealkylation sites (tertiary alicyclic amines) is 1. The number of amides is 1. The highest BCUT2D eigenvalue weighted by Gasteiger charge is 2.27. The molecule has 0 spiro atoms. The topological polar surface area (TPSA) is 70.5 Å². The Bertz CT molecular complexity index is 1020. The van der Waals surface area contributed by atoms with Gasteiger partial charge in [-0.05, 0) is 62.3 Å². The van der Waals surface area contributed by atoms with Gasteiger partial charge in [0.2, 0.25) is 5.56 Å². The summed E-state index contributed by atoms with van der Waals surface area (Å²) in [4.78, 5) is 33.5. The normalized spacial score (nSPS) is 15.4. The van der Waals surface area contributed by atoms with E-state index in [1.165, 1.54) is 0 Å². The summed E-state index contributed by atoms with van der Waals surface area (Å²) in [6, 6.07) is 7.46. The minimum Gasteiger partial charge on any atom is -0.337 e. The van der Waals surface area contributed by atoms with E-state index in [1.54, 1.807) is 12.3 Å². The summed E-state index contributed by atoms with van der Waals surface area (Å²) in [5.41, 5.74) is 4.48. The van der Waals surface area contributed by atoms with Crippen LogP contribution in [-0.4, -0.2) is 38.3 Å².